The van der Waals surface area contributed by atoms with Crippen molar-refractivity contribution in [1.82, 2.24) is 15.5 Å². The highest BCUT2D eigenvalue weighted by molar-refractivity contribution is 5.92. The topological polar surface area (TPSA) is 78.0 Å². The number of nitrogens with zero attached hydrogens (tertiary/aromatic N) is 1. The van der Waals surface area contributed by atoms with Crippen LogP contribution in [0.3, 0.4) is 0 Å². The summed E-state index contributed by atoms with van der Waals surface area (Å²) in [6, 6.07) is 11.0. The fraction of sp³-hybridized carbons (Fsp3) is 0.231. The number of aromatic amines is 1. The van der Waals surface area contributed by atoms with Gasteiger partial charge in [-0.05, 0) is 18.1 Å². The number of amides is 1. The van der Waals surface area contributed by atoms with E-state index in [9.17, 15) is 9.90 Å². The maximum atomic E-state index is 11.8. The number of hydrogen-bond donors (Lipinski definition) is 3. The van der Waals surface area contributed by atoms with Gasteiger partial charge in [0.2, 0.25) is 0 Å². The molecule has 1 atom stereocenters. The third-order valence-electron chi connectivity index (χ3n) is 2.63. The van der Waals surface area contributed by atoms with E-state index in [4.69, 9.17) is 0 Å². The van der Waals surface area contributed by atoms with E-state index in [-0.39, 0.29) is 18.6 Å². The maximum absolute atomic E-state index is 11.8. The minimum atomic E-state index is -0.303. The van der Waals surface area contributed by atoms with Gasteiger partial charge in [-0.3, -0.25) is 9.89 Å². The highest BCUT2D eigenvalue weighted by Gasteiger charge is 2.14. The number of aliphatic hydroxyl groups excluding tert-OH is 1. The average molecular weight is 245 g/mol. The molecule has 5 nitrogen and oxygen atoms in total. The second-order valence-corrected chi connectivity index (χ2v) is 4.01. The number of aromatic nitrogens is 2. The Morgan fingerprint density at radius 1 is 1.33 bits per heavy atom. The van der Waals surface area contributed by atoms with Crippen LogP contribution in [-0.4, -0.2) is 33.9 Å². The van der Waals surface area contributed by atoms with Gasteiger partial charge in [0.15, 0.2) is 0 Å². The Morgan fingerprint density at radius 2 is 2.11 bits per heavy atom. The SMILES string of the molecule is O=C(NC(CO)Cc1ccccc1)c1ccn[nH]1. The molecule has 0 saturated heterocycles. The first-order chi connectivity index (χ1) is 8.79. The van der Waals surface area contributed by atoms with Crippen LogP contribution >= 0.6 is 0 Å². The molecule has 0 aliphatic rings. The van der Waals surface area contributed by atoms with E-state index in [2.05, 4.69) is 15.5 Å². The van der Waals surface area contributed by atoms with E-state index in [1.165, 1.54) is 6.20 Å². The molecular weight excluding hydrogens is 230 g/mol. The number of hydrogen-bond acceptors (Lipinski definition) is 3. The minimum absolute atomic E-state index is 0.102. The summed E-state index contributed by atoms with van der Waals surface area (Å²) >= 11 is 0. The second kappa shape index (κ2) is 5.97. The average Bonchev–Trinajstić information content (AvgIpc) is 2.93. The van der Waals surface area contributed by atoms with Gasteiger partial charge in [0.1, 0.15) is 5.69 Å². The molecule has 94 valence electrons. The molecule has 5 heteroatoms. The minimum Gasteiger partial charge on any atom is -0.394 e. The van der Waals surface area contributed by atoms with Crippen molar-refractivity contribution in [3.05, 3.63) is 53.9 Å². The molecule has 0 saturated carbocycles. The molecular formula is C13H15N3O2. The van der Waals surface area contributed by atoms with E-state index < -0.39 is 0 Å². The molecule has 18 heavy (non-hydrogen) atoms. The van der Waals surface area contributed by atoms with Crippen LogP contribution in [0.25, 0.3) is 0 Å². The van der Waals surface area contributed by atoms with Gasteiger partial charge in [-0.2, -0.15) is 5.10 Å². The number of nitrogens with one attached hydrogen (secondary N) is 2. The summed E-state index contributed by atoms with van der Waals surface area (Å²) < 4.78 is 0. The molecule has 2 rings (SSSR count). The number of H-pyrrole nitrogens is 1. The molecule has 1 amide bonds. The van der Waals surface area contributed by atoms with Gasteiger partial charge in [0, 0.05) is 6.20 Å². The maximum Gasteiger partial charge on any atom is 0.269 e. The first kappa shape index (κ1) is 12.3. The van der Waals surface area contributed by atoms with E-state index in [0.29, 0.717) is 12.1 Å². The predicted molar refractivity (Wildman–Crippen MR) is 67.1 cm³/mol. The van der Waals surface area contributed by atoms with E-state index in [1.54, 1.807) is 6.07 Å². The zero-order valence-corrected chi connectivity index (χ0v) is 9.84. The lowest BCUT2D eigenvalue weighted by molar-refractivity contribution is 0.0911. The van der Waals surface area contributed by atoms with Gasteiger partial charge in [-0.1, -0.05) is 30.3 Å². The Kier molecular flexibility index (Phi) is 4.09. The van der Waals surface area contributed by atoms with Gasteiger partial charge in [-0.25, -0.2) is 0 Å². The third kappa shape index (κ3) is 3.18. The van der Waals surface area contributed by atoms with Crippen LogP contribution in [0.15, 0.2) is 42.6 Å². The van der Waals surface area contributed by atoms with Crippen LogP contribution in [0.2, 0.25) is 0 Å². The van der Waals surface area contributed by atoms with Crippen molar-refractivity contribution in [1.29, 1.82) is 0 Å². The smallest absolute Gasteiger partial charge is 0.269 e. The summed E-state index contributed by atoms with van der Waals surface area (Å²) in [4.78, 5) is 11.8. The van der Waals surface area contributed by atoms with Gasteiger partial charge < -0.3 is 10.4 Å². The molecule has 2 aromatic rings. The Bertz CT molecular complexity index is 482. The number of benzene rings is 1. The molecule has 0 fully saturated rings. The molecule has 0 radical (unpaired) electrons. The molecule has 0 aliphatic carbocycles. The van der Waals surface area contributed by atoms with Crippen molar-refractivity contribution in [3.63, 3.8) is 0 Å². The predicted octanol–water partition coefficient (Wildman–Crippen LogP) is 0.743. The first-order valence-corrected chi connectivity index (χ1v) is 5.74. The monoisotopic (exact) mass is 245 g/mol. The Morgan fingerprint density at radius 3 is 2.72 bits per heavy atom. The summed E-state index contributed by atoms with van der Waals surface area (Å²) in [5.41, 5.74) is 1.46. The fourth-order valence-corrected chi connectivity index (χ4v) is 1.71. The summed E-state index contributed by atoms with van der Waals surface area (Å²) in [5.74, 6) is -0.262. The second-order valence-electron chi connectivity index (χ2n) is 4.01. The van der Waals surface area contributed by atoms with Crippen molar-refractivity contribution < 1.29 is 9.90 Å². The Balaban J connectivity index is 1.96. The highest BCUT2D eigenvalue weighted by atomic mass is 16.3. The first-order valence-electron chi connectivity index (χ1n) is 5.74. The summed E-state index contributed by atoms with van der Waals surface area (Å²) in [7, 11) is 0. The molecule has 0 aliphatic heterocycles. The van der Waals surface area contributed by atoms with E-state index in [0.717, 1.165) is 5.56 Å². The zero-order valence-electron chi connectivity index (χ0n) is 9.84. The summed E-state index contributed by atoms with van der Waals surface area (Å²) in [5, 5.41) is 18.3. The van der Waals surface area contributed by atoms with E-state index in [1.807, 2.05) is 30.3 Å². The van der Waals surface area contributed by atoms with Gasteiger partial charge in [0.25, 0.3) is 5.91 Å². The summed E-state index contributed by atoms with van der Waals surface area (Å²) in [6.45, 7) is -0.102. The van der Waals surface area contributed by atoms with Crippen molar-refractivity contribution >= 4 is 5.91 Å². The van der Waals surface area contributed by atoms with Crippen LogP contribution in [0, 0.1) is 0 Å². The standard InChI is InChI=1S/C13H15N3O2/c17-9-11(8-10-4-2-1-3-5-10)15-13(18)12-6-7-14-16-12/h1-7,11,17H,8-9H2,(H,14,16)(H,15,18). The van der Waals surface area contributed by atoms with Crippen LogP contribution in [0.1, 0.15) is 16.1 Å². The van der Waals surface area contributed by atoms with Crippen molar-refractivity contribution in [2.75, 3.05) is 6.61 Å². The Hall–Kier alpha value is -2.14. The molecule has 1 aromatic carbocycles. The Labute approximate surface area is 105 Å². The third-order valence-corrected chi connectivity index (χ3v) is 2.63. The van der Waals surface area contributed by atoms with Crippen molar-refractivity contribution in [2.24, 2.45) is 0 Å². The molecule has 1 heterocycles. The molecule has 0 spiro atoms. The van der Waals surface area contributed by atoms with Gasteiger partial charge in [0.05, 0.1) is 12.6 Å². The quantitative estimate of drug-likeness (QED) is 0.727. The lowest BCUT2D eigenvalue weighted by Crippen LogP contribution is -2.39. The van der Waals surface area contributed by atoms with Crippen molar-refractivity contribution in [2.45, 2.75) is 12.5 Å². The van der Waals surface area contributed by atoms with E-state index >= 15 is 0 Å². The van der Waals surface area contributed by atoms with Gasteiger partial charge >= 0.3 is 0 Å². The highest BCUT2D eigenvalue weighted by Crippen LogP contribution is 2.03. The van der Waals surface area contributed by atoms with Crippen LogP contribution in [0.4, 0.5) is 0 Å². The van der Waals surface area contributed by atoms with Crippen LogP contribution in [0.5, 0.6) is 0 Å². The largest absolute Gasteiger partial charge is 0.394 e. The lowest BCUT2D eigenvalue weighted by atomic mass is 10.1. The molecule has 1 unspecified atom stereocenters. The number of carbonyl (C=O) groups excluding carboxylic acids is 1. The fourth-order valence-electron chi connectivity index (χ4n) is 1.71. The molecule has 0 bridgehead atoms. The van der Waals surface area contributed by atoms with Crippen molar-refractivity contribution in [3.8, 4) is 0 Å². The van der Waals surface area contributed by atoms with Gasteiger partial charge in [-0.15, -0.1) is 0 Å². The molecule has 1 aromatic heterocycles. The van der Waals surface area contributed by atoms with Crippen LogP contribution < -0.4 is 5.32 Å². The molecule has 3 N–H and O–H groups in total. The number of rotatable bonds is 5. The zero-order chi connectivity index (χ0) is 12.8. The van der Waals surface area contributed by atoms with Crippen LogP contribution in [-0.2, 0) is 6.42 Å². The normalized spacial score (nSPS) is 12.1. The number of aliphatic hydroxyl groups is 1. The number of carbonyl (C=O) groups is 1. The lowest BCUT2D eigenvalue weighted by Gasteiger charge is -2.15. The summed E-state index contributed by atoms with van der Waals surface area (Å²) in [6.07, 6.45) is 2.11.